The van der Waals surface area contributed by atoms with Crippen LogP contribution in [0, 0.1) is 0 Å². The van der Waals surface area contributed by atoms with Crippen molar-refractivity contribution >= 4 is 17.7 Å². The van der Waals surface area contributed by atoms with Crippen molar-refractivity contribution in [3.63, 3.8) is 0 Å². The van der Waals surface area contributed by atoms with Crippen molar-refractivity contribution in [3.05, 3.63) is 71.8 Å². The first-order chi connectivity index (χ1) is 12.6. The first kappa shape index (κ1) is 17.8. The number of nitrogens with zero attached hydrogens (tertiary/aromatic N) is 2. The number of hydrogen-bond acceptors (Lipinski definition) is 4. The molecule has 3 rings (SSSR count). The van der Waals surface area contributed by atoms with Gasteiger partial charge in [-0.25, -0.2) is 0 Å². The normalized spacial score (nSPS) is 15.2. The molecular formula is C20H21N3O3. The molecule has 1 aliphatic heterocycles. The summed E-state index contributed by atoms with van der Waals surface area (Å²) in [5.41, 5.74) is 2.01. The average molecular weight is 351 g/mol. The molecule has 3 amide bonds. The number of carbonyl (C=O) groups excluding carboxylic acids is 3. The Morgan fingerprint density at radius 1 is 0.846 bits per heavy atom. The molecule has 1 N–H and O–H groups in total. The predicted molar refractivity (Wildman–Crippen MR) is 96.7 cm³/mol. The quantitative estimate of drug-likeness (QED) is 0.794. The Bertz CT molecular complexity index is 759. The van der Waals surface area contributed by atoms with Gasteiger partial charge in [0.1, 0.15) is 6.54 Å². The van der Waals surface area contributed by atoms with E-state index in [-0.39, 0.29) is 37.4 Å². The summed E-state index contributed by atoms with van der Waals surface area (Å²) in [4.78, 5) is 39.5. The summed E-state index contributed by atoms with van der Waals surface area (Å²) in [7, 11) is 0. The molecule has 6 heteroatoms. The van der Waals surface area contributed by atoms with E-state index in [4.69, 9.17) is 0 Å². The van der Waals surface area contributed by atoms with E-state index >= 15 is 0 Å². The molecule has 6 nitrogen and oxygen atoms in total. The summed E-state index contributed by atoms with van der Waals surface area (Å²) in [5, 5.41) is 2.74. The molecule has 0 radical (unpaired) electrons. The smallest absolute Gasteiger partial charge is 0.243 e. The van der Waals surface area contributed by atoms with Gasteiger partial charge in [-0.05, 0) is 11.1 Å². The second kappa shape index (κ2) is 8.40. The highest BCUT2D eigenvalue weighted by Crippen LogP contribution is 2.10. The zero-order chi connectivity index (χ0) is 18.4. The van der Waals surface area contributed by atoms with E-state index in [1.807, 2.05) is 60.7 Å². The summed E-state index contributed by atoms with van der Waals surface area (Å²) in [6, 6.07) is 19.2. The Morgan fingerprint density at radius 2 is 1.38 bits per heavy atom. The van der Waals surface area contributed by atoms with Crippen LogP contribution in [0.4, 0.5) is 0 Å². The zero-order valence-corrected chi connectivity index (χ0v) is 14.4. The van der Waals surface area contributed by atoms with Gasteiger partial charge >= 0.3 is 0 Å². The lowest BCUT2D eigenvalue weighted by molar-refractivity contribution is -0.154. The molecule has 0 saturated carbocycles. The molecule has 2 aromatic carbocycles. The molecule has 2 aromatic rings. The van der Waals surface area contributed by atoms with Crippen LogP contribution < -0.4 is 5.32 Å². The minimum atomic E-state index is -0.341. The highest BCUT2D eigenvalue weighted by Gasteiger charge is 2.32. The van der Waals surface area contributed by atoms with Crippen LogP contribution in [0.3, 0.4) is 0 Å². The van der Waals surface area contributed by atoms with E-state index in [0.29, 0.717) is 13.1 Å². The van der Waals surface area contributed by atoms with Gasteiger partial charge in [0.25, 0.3) is 0 Å². The third-order valence-corrected chi connectivity index (χ3v) is 4.20. The van der Waals surface area contributed by atoms with E-state index < -0.39 is 0 Å². The van der Waals surface area contributed by atoms with Gasteiger partial charge in [0.2, 0.25) is 17.7 Å². The van der Waals surface area contributed by atoms with Gasteiger partial charge in [-0.1, -0.05) is 60.7 Å². The van der Waals surface area contributed by atoms with Crippen LogP contribution in [0.5, 0.6) is 0 Å². The van der Waals surface area contributed by atoms with E-state index in [9.17, 15) is 14.4 Å². The Kier molecular flexibility index (Phi) is 5.76. The molecule has 0 aromatic heterocycles. The van der Waals surface area contributed by atoms with Gasteiger partial charge in [-0.15, -0.1) is 0 Å². The number of imide groups is 1. The van der Waals surface area contributed by atoms with Crippen LogP contribution in [0.2, 0.25) is 0 Å². The molecule has 0 atom stereocenters. The first-order valence-electron chi connectivity index (χ1n) is 8.52. The van der Waals surface area contributed by atoms with Crippen LogP contribution >= 0.6 is 0 Å². The number of benzene rings is 2. The number of amides is 3. The Labute approximate surface area is 152 Å². The summed E-state index contributed by atoms with van der Waals surface area (Å²) in [6.45, 7) is 0.936. The van der Waals surface area contributed by atoms with Crippen molar-refractivity contribution in [1.29, 1.82) is 0 Å². The summed E-state index contributed by atoms with van der Waals surface area (Å²) < 4.78 is 0. The Morgan fingerprint density at radius 3 is 1.96 bits per heavy atom. The van der Waals surface area contributed by atoms with Crippen LogP contribution in [-0.2, 0) is 27.5 Å². The van der Waals surface area contributed by atoms with Gasteiger partial charge in [0.15, 0.2) is 0 Å². The fourth-order valence-electron chi connectivity index (χ4n) is 2.87. The van der Waals surface area contributed by atoms with Gasteiger partial charge in [0.05, 0.1) is 13.1 Å². The first-order valence-corrected chi connectivity index (χ1v) is 8.52. The maximum Gasteiger partial charge on any atom is 0.243 e. The van der Waals surface area contributed by atoms with Crippen LogP contribution in [0.1, 0.15) is 11.1 Å². The predicted octanol–water partition coefficient (Wildman–Crippen LogP) is 1.17. The zero-order valence-electron chi connectivity index (χ0n) is 14.4. The molecular weight excluding hydrogens is 330 g/mol. The largest absolute Gasteiger partial charge is 0.350 e. The molecule has 134 valence electrons. The van der Waals surface area contributed by atoms with Crippen molar-refractivity contribution in [1.82, 2.24) is 15.1 Å². The Hall–Kier alpha value is -2.99. The van der Waals surface area contributed by atoms with Gasteiger partial charge in [-0.3, -0.25) is 24.2 Å². The molecule has 1 saturated heterocycles. The molecule has 26 heavy (non-hydrogen) atoms. The maximum atomic E-state index is 12.3. The third kappa shape index (κ3) is 4.77. The Balaban J connectivity index is 1.51. The lowest BCUT2D eigenvalue weighted by Crippen LogP contribution is -2.55. The van der Waals surface area contributed by atoms with Crippen molar-refractivity contribution in [2.75, 3.05) is 19.6 Å². The van der Waals surface area contributed by atoms with Crippen molar-refractivity contribution in [2.24, 2.45) is 0 Å². The molecule has 0 bridgehead atoms. The van der Waals surface area contributed by atoms with E-state index in [2.05, 4.69) is 5.32 Å². The summed E-state index contributed by atoms with van der Waals surface area (Å²) in [5.74, 6) is -1.02. The second-order valence-electron chi connectivity index (χ2n) is 6.27. The van der Waals surface area contributed by atoms with Crippen molar-refractivity contribution in [2.45, 2.75) is 13.1 Å². The number of nitrogens with one attached hydrogen (secondary N) is 1. The number of hydrogen-bond donors (Lipinski definition) is 1. The number of rotatable bonds is 6. The standard InChI is InChI=1S/C20H21N3O3/c24-18(21-11-16-7-3-1-4-8-16)13-23-19(25)14-22(15-20(23)26)12-17-9-5-2-6-10-17/h1-10H,11-15H2,(H,21,24). The third-order valence-electron chi connectivity index (χ3n) is 4.20. The van der Waals surface area contributed by atoms with E-state index in [1.54, 1.807) is 4.90 Å². The average Bonchev–Trinajstić information content (AvgIpc) is 2.65. The van der Waals surface area contributed by atoms with Gasteiger partial charge < -0.3 is 5.32 Å². The second-order valence-corrected chi connectivity index (χ2v) is 6.27. The van der Waals surface area contributed by atoms with Crippen molar-refractivity contribution in [3.8, 4) is 0 Å². The summed E-state index contributed by atoms with van der Waals surface area (Å²) in [6.07, 6.45) is 0. The molecule has 1 fully saturated rings. The van der Waals surface area contributed by atoms with Crippen molar-refractivity contribution < 1.29 is 14.4 Å². The van der Waals surface area contributed by atoms with Crippen LogP contribution in [0.15, 0.2) is 60.7 Å². The molecule has 0 aliphatic carbocycles. The molecule has 1 heterocycles. The van der Waals surface area contributed by atoms with Gasteiger partial charge in [-0.2, -0.15) is 0 Å². The minimum Gasteiger partial charge on any atom is -0.350 e. The fourth-order valence-corrected chi connectivity index (χ4v) is 2.87. The number of carbonyl (C=O) groups is 3. The topological polar surface area (TPSA) is 69.7 Å². The lowest BCUT2D eigenvalue weighted by atomic mass is 10.2. The lowest BCUT2D eigenvalue weighted by Gasteiger charge is -2.32. The van der Waals surface area contributed by atoms with E-state index in [0.717, 1.165) is 16.0 Å². The number of piperazine rings is 1. The summed E-state index contributed by atoms with van der Waals surface area (Å²) >= 11 is 0. The minimum absolute atomic E-state index is 0.132. The highest BCUT2D eigenvalue weighted by molar-refractivity contribution is 6.02. The fraction of sp³-hybridized carbons (Fsp3) is 0.250. The highest BCUT2D eigenvalue weighted by atomic mass is 16.2. The SMILES string of the molecule is O=C(CN1C(=O)CN(Cc2ccccc2)CC1=O)NCc1ccccc1. The monoisotopic (exact) mass is 351 g/mol. The van der Waals surface area contributed by atoms with Crippen LogP contribution in [-0.4, -0.2) is 47.2 Å². The molecule has 1 aliphatic rings. The van der Waals surface area contributed by atoms with Gasteiger partial charge in [0, 0.05) is 13.1 Å². The molecule has 0 unspecified atom stereocenters. The maximum absolute atomic E-state index is 12.3. The molecule has 0 spiro atoms. The van der Waals surface area contributed by atoms with Crippen LogP contribution in [0.25, 0.3) is 0 Å². The van der Waals surface area contributed by atoms with E-state index in [1.165, 1.54) is 0 Å².